The molecular formula is C11H17N3O. The van der Waals surface area contributed by atoms with Gasteiger partial charge < -0.3 is 5.32 Å². The molecular weight excluding hydrogens is 190 g/mol. The van der Waals surface area contributed by atoms with Crippen LogP contribution >= 0.6 is 0 Å². The van der Waals surface area contributed by atoms with E-state index in [1.54, 1.807) is 4.68 Å². The number of rotatable bonds is 2. The van der Waals surface area contributed by atoms with E-state index in [-0.39, 0.29) is 11.8 Å². The van der Waals surface area contributed by atoms with Gasteiger partial charge in [0.15, 0.2) is 0 Å². The first-order valence-corrected chi connectivity index (χ1v) is 5.52. The van der Waals surface area contributed by atoms with E-state index in [0.717, 1.165) is 37.9 Å². The highest BCUT2D eigenvalue weighted by Crippen LogP contribution is 2.16. The Kier molecular flexibility index (Phi) is 3.04. The quantitative estimate of drug-likeness (QED) is 0.782. The standard InChI is InChI=1S/C11H17N3O/c1-14-7-5-10(13-14)8-9-4-2-3-6-12-11(9)15/h5,7,9H,2-4,6,8H2,1H3,(H,12,15). The molecule has 1 atom stereocenters. The topological polar surface area (TPSA) is 46.9 Å². The van der Waals surface area contributed by atoms with Crippen LogP contribution in [0.15, 0.2) is 12.3 Å². The summed E-state index contributed by atoms with van der Waals surface area (Å²) in [6.45, 7) is 0.831. The minimum atomic E-state index is 0.113. The van der Waals surface area contributed by atoms with Gasteiger partial charge in [0.1, 0.15) is 0 Å². The Morgan fingerprint density at radius 3 is 3.20 bits per heavy atom. The Hall–Kier alpha value is -1.32. The summed E-state index contributed by atoms with van der Waals surface area (Å²) in [5.41, 5.74) is 1.01. The van der Waals surface area contributed by atoms with E-state index in [9.17, 15) is 4.79 Å². The van der Waals surface area contributed by atoms with Gasteiger partial charge in [-0.25, -0.2) is 0 Å². The van der Waals surface area contributed by atoms with Gasteiger partial charge in [-0.1, -0.05) is 6.42 Å². The summed E-state index contributed by atoms with van der Waals surface area (Å²) in [5, 5.41) is 7.25. The van der Waals surface area contributed by atoms with Crippen molar-refractivity contribution in [2.24, 2.45) is 13.0 Å². The molecule has 1 aromatic rings. The molecule has 4 heteroatoms. The highest BCUT2D eigenvalue weighted by molar-refractivity contribution is 5.79. The van der Waals surface area contributed by atoms with Crippen LogP contribution in [0, 0.1) is 5.92 Å². The highest BCUT2D eigenvalue weighted by atomic mass is 16.1. The third-order valence-electron chi connectivity index (χ3n) is 2.87. The average Bonchev–Trinajstić information content (AvgIpc) is 2.50. The molecule has 1 N–H and O–H groups in total. The Labute approximate surface area is 89.7 Å². The minimum absolute atomic E-state index is 0.113. The molecule has 2 heterocycles. The molecule has 1 amide bonds. The summed E-state index contributed by atoms with van der Waals surface area (Å²) in [7, 11) is 1.90. The van der Waals surface area contributed by atoms with E-state index in [1.807, 2.05) is 19.3 Å². The number of carbonyl (C=O) groups excluding carboxylic acids is 1. The van der Waals surface area contributed by atoms with Crippen LogP contribution in [0.2, 0.25) is 0 Å². The molecule has 0 radical (unpaired) electrons. The molecule has 1 aromatic heterocycles. The average molecular weight is 207 g/mol. The predicted octanol–water partition coefficient (Wildman–Crippen LogP) is 0.879. The fraction of sp³-hybridized carbons (Fsp3) is 0.636. The lowest BCUT2D eigenvalue weighted by Gasteiger charge is -2.10. The summed E-state index contributed by atoms with van der Waals surface area (Å²) in [6.07, 6.45) is 5.92. The first-order chi connectivity index (χ1) is 7.25. The number of aromatic nitrogens is 2. The molecule has 82 valence electrons. The van der Waals surface area contributed by atoms with E-state index in [1.165, 1.54) is 0 Å². The van der Waals surface area contributed by atoms with Crippen molar-refractivity contribution in [3.63, 3.8) is 0 Å². The maximum Gasteiger partial charge on any atom is 0.223 e. The number of hydrogen-bond donors (Lipinski definition) is 1. The molecule has 2 rings (SSSR count). The SMILES string of the molecule is Cn1ccc(CC2CCCCNC2=O)n1. The van der Waals surface area contributed by atoms with Gasteiger partial charge in [0.2, 0.25) is 5.91 Å². The smallest absolute Gasteiger partial charge is 0.223 e. The van der Waals surface area contributed by atoms with Crippen molar-refractivity contribution < 1.29 is 4.79 Å². The molecule has 1 unspecified atom stereocenters. The zero-order valence-electron chi connectivity index (χ0n) is 9.07. The van der Waals surface area contributed by atoms with Crippen molar-refractivity contribution in [2.75, 3.05) is 6.54 Å². The molecule has 4 nitrogen and oxygen atoms in total. The lowest BCUT2D eigenvalue weighted by atomic mass is 9.97. The van der Waals surface area contributed by atoms with Crippen LogP contribution in [0.4, 0.5) is 0 Å². The highest BCUT2D eigenvalue weighted by Gasteiger charge is 2.21. The van der Waals surface area contributed by atoms with Gasteiger partial charge >= 0.3 is 0 Å². The number of nitrogens with one attached hydrogen (secondary N) is 1. The van der Waals surface area contributed by atoms with Crippen molar-refractivity contribution in [2.45, 2.75) is 25.7 Å². The molecule has 1 fully saturated rings. The van der Waals surface area contributed by atoms with E-state index in [2.05, 4.69) is 10.4 Å². The second kappa shape index (κ2) is 4.47. The Morgan fingerprint density at radius 2 is 2.47 bits per heavy atom. The fourth-order valence-electron chi connectivity index (χ4n) is 2.02. The fourth-order valence-corrected chi connectivity index (χ4v) is 2.02. The molecule has 0 aromatic carbocycles. The van der Waals surface area contributed by atoms with E-state index in [4.69, 9.17) is 0 Å². The van der Waals surface area contributed by atoms with Gasteiger partial charge in [-0.2, -0.15) is 5.10 Å². The van der Waals surface area contributed by atoms with E-state index in [0.29, 0.717) is 0 Å². The van der Waals surface area contributed by atoms with Crippen LogP contribution in [0.1, 0.15) is 25.0 Å². The Bertz CT molecular complexity index is 345. The summed E-state index contributed by atoms with van der Waals surface area (Å²) in [6, 6.07) is 1.98. The van der Waals surface area contributed by atoms with Gasteiger partial charge in [-0.05, 0) is 18.9 Å². The van der Waals surface area contributed by atoms with E-state index >= 15 is 0 Å². The van der Waals surface area contributed by atoms with Crippen molar-refractivity contribution in [3.8, 4) is 0 Å². The largest absolute Gasteiger partial charge is 0.356 e. The van der Waals surface area contributed by atoms with Gasteiger partial charge in [0, 0.05) is 32.1 Å². The second-order valence-corrected chi connectivity index (χ2v) is 4.17. The van der Waals surface area contributed by atoms with Gasteiger partial charge in [0.05, 0.1) is 5.69 Å². The Balaban J connectivity index is 2.00. The Morgan fingerprint density at radius 1 is 1.60 bits per heavy atom. The summed E-state index contributed by atoms with van der Waals surface area (Å²) < 4.78 is 1.78. The molecule has 15 heavy (non-hydrogen) atoms. The molecule has 1 aliphatic rings. The molecule has 1 saturated heterocycles. The number of hydrogen-bond acceptors (Lipinski definition) is 2. The second-order valence-electron chi connectivity index (χ2n) is 4.17. The minimum Gasteiger partial charge on any atom is -0.356 e. The predicted molar refractivity (Wildman–Crippen MR) is 57.3 cm³/mol. The molecule has 0 bridgehead atoms. The first kappa shape index (κ1) is 10.2. The van der Waals surface area contributed by atoms with Crippen LogP contribution in [0.3, 0.4) is 0 Å². The molecule has 0 saturated carbocycles. The van der Waals surface area contributed by atoms with Gasteiger partial charge in [-0.3, -0.25) is 9.48 Å². The number of carbonyl (C=O) groups is 1. The van der Waals surface area contributed by atoms with E-state index < -0.39 is 0 Å². The number of amides is 1. The van der Waals surface area contributed by atoms with Crippen LogP contribution in [0.5, 0.6) is 0 Å². The maximum absolute atomic E-state index is 11.7. The van der Waals surface area contributed by atoms with Gasteiger partial charge in [-0.15, -0.1) is 0 Å². The van der Waals surface area contributed by atoms with Crippen molar-refractivity contribution >= 4 is 5.91 Å². The monoisotopic (exact) mass is 207 g/mol. The van der Waals surface area contributed by atoms with Gasteiger partial charge in [0.25, 0.3) is 0 Å². The zero-order valence-corrected chi connectivity index (χ0v) is 9.07. The van der Waals surface area contributed by atoms with Crippen molar-refractivity contribution in [3.05, 3.63) is 18.0 Å². The third kappa shape index (κ3) is 2.58. The molecule has 0 spiro atoms. The number of aryl methyl sites for hydroxylation is 1. The van der Waals surface area contributed by atoms with Crippen LogP contribution in [-0.2, 0) is 18.3 Å². The van der Waals surface area contributed by atoms with Crippen molar-refractivity contribution in [1.82, 2.24) is 15.1 Å². The first-order valence-electron chi connectivity index (χ1n) is 5.52. The number of nitrogens with zero attached hydrogens (tertiary/aromatic N) is 2. The van der Waals surface area contributed by atoms with Crippen LogP contribution < -0.4 is 5.32 Å². The van der Waals surface area contributed by atoms with Crippen molar-refractivity contribution in [1.29, 1.82) is 0 Å². The lowest BCUT2D eigenvalue weighted by Crippen LogP contribution is -2.30. The third-order valence-corrected chi connectivity index (χ3v) is 2.87. The summed E-state index contributed by atoms with van der Waals surface area (Å²) in [5.74, 6) is 0.306. The maximum atomic E-state index is 11.7. The lowest BCUT2D eigenvalue weighted by molar-refractivity contribution is -0.124. The zero-order chi connectivity index (χ0) is 10.7. The normalized spacial score (nSPS) is 22.2. The van der Waals surface area contributed by atoms with Crippen LogP contribution in [0.25, 0.3) is 0 Å². The molecule has 0 aliphatic carbocycles. The van der Waals surface area contributed by atoms with Crippen LogP contribution in [-0.4, -0.2) is 22.2 Å². The summed E-state index contributed by atoms with van der Waals surface area (Å²) in [4.78, 5) is 11.7. The molecule has 1 aliphatic heterocycles. The summed E-state index contributed by atoms with van der Waals surface area (Å²) >= 11 is 0.